The van der Waals surface area contributed by atoms with Crippen LogP contribution in [0.15, 0.2) is 65.3 Å². The third-order valence-electron chi connectivity index (χ3n) is 7.40. The molecule has 40 heavy (non-hydrogen) atoms. The minimum atomic E-state index is 0.0375. The van der Waals surface area contributed by atoms with Crippen LogP contribution in [0.2, 0.25) is 0 Å². The summed E-state index contributed by atoms with van der Waals surface area (Å²) in [6.45, 7) is 12.0. The Balaban J connectivity index is 1.26. The summed E-state index contributed by atoms with van der Waals surface area (Å²) in [5.74, 6) is 1.18. The van der Waals surface area contributed by atoms with Crippen LogP contribution >= 0.6 is 11.6 Å². The number of aliphatic imine (C=N–C) groups is 1. The van der Waals surface area contributed by atoms with E-state index in [9.17, 15) is 4.79 Å². The maximum Gasteiger partial charge on any atom is 0.242 e. The normalized spacial score (nSPS) is 16.2. The largest absolute Gasteiger partial charge is 0.374 e. The number of carbonyl (C=O) groups excluding carboxylic acids is 1. The van der Waals surface area contributed by atoms with Crippen molar-refractivity contribution in [1.29, 1.82) is 0 Å². The fraction of sp³-hybridized carbons (Fsp3) is 0.400. The lowest BCUT2D eigenvalue weighted by Crippen LogP contribution is -2.49. The van der Waals surface area contributed by atoms with Gasteiger partial charge in [-0.15, -0.1) is 0 Å². The van der Waals surface area contributed by atoms with Crippen molar-refractivity contribution in [3.05, 3.63) is 65.9 Å². The molecule has 2 aromatic heterocycles. The number of carbonyl (C=O) groups is 1. The molecule has 2 aliphatic heterocycles. The summed E-state index contributed by atoms with van der Waals surface area (Å²) in [6, 6.07) is 6.52. The summed E-state index contributed by atoms with van der Waals surface area (Å²) in [6.07, 6.45) is 11.0. The first-order chi connectivity index (χ1) is 19.3. The molecule has 0 unspecified atom stereocenters. The van der Waals surface area contributed by atoms with E-state index >= 15 is 0 Å². The first kappa shape index (κ1) is 27.7. The minimum Gasteiger partial charge on any atom is -0.374 e. The van der Waals surface area contributed by atoms with Gasteiger partial charge in [0.05, 0.1) is 17.8 Å². The molecule has 0 spiro atoms. The number of amides is 1. The molecule has 0 bridgehead atoms. The van der Waals surface area contributed by atoms with Crippen molar-refractivity contribution in [2.45, 2.75) is 26.7 Å². The van der Waals surface area contributed by atoms with Gasteiger partial charge in [-0.2, -0.15) is 0 Å². The Morgan fingerprint density at radius 2 is 1.98 bits per heavy atom. The number of aryl methyl sites for hydroxylation is 1. The fourth-order valence-corrected chi connectivity index (χ4v) is 5.39. The standard InChI is InChI=1S/C30H37ClN8O/c1-21(2)17-33-18-25(31)22(3)37-12-14-38(15-13-37)28(40)20-34-30-29(35-27-19-32-9-11-39(27)30)24-7-8-26-23(16-24)6-5-10-36(26)4/h7-9,11,16-19,21,34H,3,5-6,10,12-15,20H2,1-2,4H3/b25-18+,33-17-. The topological polar surface area (TPSA) is 81.4 Å². The molecule has 1 aromatic carbocycles. The van der Waals surface area contributed by atoms with Gasteiger partial charge in [-0.1, -0.05) is 38.1 Å². The van der Waals surface area contributed by atoms with E-state index in [0.29, 0.717) is 37.1 Å². The number of aromatic nitrogens is 3. The molecule has 9 nitrogen and oxygen atoms in total. The number of hydrogen-bond donors (Lipinski definition) is 1. The van der Waals surface area contributed by atoms with Crippen molar-refractivity contribution in [3.8, 4) is 11.3 Å². The van der Waals surface area contributed by atoms with Crippen LogP contribution < -0.4 is 10.2 Å². The fourth-order valence-electron chi connectivity index (χ4n) is 5.21. The summed E-state index contributed by atoms with van der Waals surface area (Å²) in [7, 11) is 2.14. The van der Waals surface area contributed by atoms with E-state index in [0.717, 1.165) is 47.8 Å². The number of rotatable bonds is 8. The van der Waals surface area contributed by atoms with E-state index in [2.05, 4.69) is 70.8 Å². The van der Waals surface area contributed by atoms with E-state index in [1.54, 1.807) is 18.6 Å². The summed E-state index contributed by atoms with van der Waals surface area (Å²) in [5, 5.41) is 3.91. The number of fused-ring (bicyclic) bond motifs is 2. The number of benzene rings is 1. The zero-order valence-electron chi connectivity index (χ0n) is 23.5. The highest BCUT2D eigenvalue weighted by Crippen LogP contribution is 2.34. The molecule has 1 saturated heterocycles. The SMILES string of the molecule is C=C(/C(Cl)=C\N=C/C(C)C)N1CCN(C(=O)CNc2c(-c3ccc4c(c3)CCCN4C)nc3cnccn23)CC1. The van der Waals surface area contributed by atoms with Crippen LogP contribution in [0.1, 0.15) is 25.8 Å². The predicted octanol–water partition coefficient (Wildman–Crippen LogP) is 4.66. The van der Waals surface area contributed by atoms with Gasteiger partial charge < -0.3 is 20.0 Å². The molecule has 2 aliphatic rings. The van der Waals surface area contributed by atoms with E-state index < -0.39 is 0 Å². The van der Waals surface area contributed by atoms with Gasteiger partial charge in [0.2, 0.25) is 5.91 Å². The maximum atomic E-state index is 13.2. The average Bonchev–Trinajstić information content (AvgIpc) is 3.34. The number of anilines is 2. The quantitative estimate of drug-likeness (QED) is 0.319. The van der Waals surface area contributed by atoms with Crippen LogP contribution in [0.25, 0.3) is 16.9 Å². The first-order valence-electron chi connectivity index (χ1n) is 13.8. The van der Waals surface area contributed by atoms with Crippen LogP contribution in [0.5, 0.6) is 0 Å². The Bertz CT molecular complexity index is 1450. The third-order valence-corrected chi connectivity index (χ3v) is 7.72. The number of halogens is 1. The average molecular weight is 561 g/mol. The van der Waals surface area contributed by atoms with Crippen molar-refractivity contribution in [2.75, 3.05) is 56.5 Å². The van der Waals surface area contributed by atoms with Gasteiger partial charge in [0.1, 0.15) is 11.5 Å². The molecule has 10 heteroatoms. The van der Waals surface area contributed by atoms with Gasteiger partial charge in [0.25, 0.3) is 0 Å². The number of nitrogens with zero attached hydrogens (tertiary/aromatic N) is 7. The highest BCUT2D eigenvalue weighted by atomic mass is 35.5. The maximum absolute atomic E-state index is 13.2. The zero-order chi connectivity index (χ0) is 28.2. The van der Waals surface area contributed by atoms with Gasteiger partial charge in [0.15, 0.2) is 5.65 Å². The van der Waals surface area contributed by atoms with E-state index in [4.69, 9.17) is 16.6 Å². The van der Waals surface area contributed by atoms with Crippen LogP contribution in [0, 0.1) is 5.92 Å². The van der Waals surface area contributed by atoms with Crippen LogP contribution in [-0.4, -0.2) is 82.6 Å². The second-order valence-electron chi connectivity index (χ2n) is 10.7. The third kappa shape index (κ3) is 5.99. The van der Waals surface area contributed by atoms with E-state index in [1.807, 2.05) is 21.7 Å². The van der Waals surface area contributed by atoms with Crippen LogP contribution in [0.3, 0.4) is 0 Å². The van der Waals surface area contributed by atoms with Gasteiger partial charge in [-0.05, 0) is 36.5 Å². The van der Waals surface area contributed by atoms with Crippen LogP contribution in [-0.2, 0) is 11.2 Å². The molecule has 5 rings (SSSR count). The molecule has 1 N–H and O–H groups in total. The predicted molar refractivity (Wildman–Crippen MR) is 163 cm³/mol. The number of imidazole rings is 1. The highest BCUT2D eigenvalue weighted by Gasteiger charge is 2.24. The summed E-state index contributed by atoms with van der Waals surface area (Å²) < 4.78 is 1.96. The van der Waals surface area contributed by atoms with Crippen molar-refractivity contribution >= 4 is 40.9 Å². The number of piperazine rings is 1. The van der Waals surface area contributed by atoms with Crippen LogP contribution in [0.4, 0.5) is 11.5 Å². The van der Waals surface area contributed by atoms with Crippen molar-refractivity contribution in [3.63, 3.8) is 0 Å². The Morgan fingerprint density at radius 1 is 1.20 bits per heavy atom. The molecule has 1 amide bonds. The lowest BCUT2D eigenvalue weighted by Gasteiger charge is -2.37. The second kappa shape index (κ2) is 12.1. The molecule has 3 aromatic rings. The lowest BCUT2D eigenvalue weighted by molar-refractivity contribution is -0.130. The monoisotopic (exact) mass is 560 g/mol. The summed E-state index contributed by atoms with van der Waals surface area (Å²) in [5.41, 5.74) is 5.91. The molecule has 0 atom stereocenters. The first-order valence-corrected chi connectivity index (χ1v) is 14.2. The van der Waals surface area contributed by atoms with Crippen molar-refractivity contribution in [1.82, 2.24) is 24.2 Å². The summed E-state index contributed by atoms with van der Waals surface area (Å²) in [4.78, 5) is 32.9. The zero-order valence-corrected chi connectivity index (χ0v) is 24.2. The van der Waals surface area contributed by atoms with Crippen molar-refractivity contribution < 1.29 is 4.79 Å². The van der Waals surface area contributed by atoms with Gasteiger partial charge in [0, 0.05) is 81.5 Å². The molecule has 210 valence electrons. The van der Waals surface area contributed by atoms with Gasteiger partial charge in [-0.3, -0.25) is 19.2 Å². The molecule has 0 saturated carbocycles. The molecular weight excluding hydrogens is 524 g/mol. The molecule has 1 fully saturated rings. The van der Waals surface area contributed by atoms with E-state index in [1.165, 1.54) is 11.3 Å². The Kier molecular flexibility index (Phi) is 8.40. The highest BCUT2D eigenvalue weighted by molar-refractivity contribution is 6.31. The smallest absolute Gasteiger partial charge is 0.242 e. The number of allylic oxidation sites excluding steroid dienone is 1. The van der Waals surface area contributed by atoms with Gasteiger partial charge in [-0.25, -0.2) is 4.98 Å². The van der Waals surface area contributed by atoms with E-state index in [-0.39, 0.29) is 12.5 Å². The number of nitrogens with one attached hydrogen (secondary N) is 1. The Hall–Kier alpha value is -3.85. The summed E-state index contributed by atoms with van der Waals surface area (Å²) >= 11 is 6.41. The molecule has 0 radical (unpaired) electrons. The van der Waals surface area contributed by atoms with Gasteiger partial charge >= 0.3 is 0 Å². The Morgan fingerprint density at radius 3 is 2.75 bits per heavy atom. The lowest BCUT2D eigenvalue weighted by atomic mass is 9.98. The number of hydrogen-bond acceptors (Lipinski definition) is 7. The Labute approximate surface area is 240 Å². The molecular formula is C30H37ClN8O. The van der Waals surface area contributed by atoms with Crippen molar-refractivity contribution in [2.24, 2.45) is 10.9 Å². The molecule has 4 heterocycles. The second-order valence-corrected chi connectivity index (χ2v) is 11.1. The minimum absolute atomic E-state index is 0.0375. The molecule has 0 aliphatic carbocycles.